The number of anilines is 1. The van der Waals surface area contributed by atoms with Crippen molar-refractivity contribution in [2.24, 2.45) is 0 Å². The van der Waals surface area contributed by atoms with Crippen LogP contribution in [0, 0.1) is 11.8 Å². The van der Waals surface area contributed by atoms with Gasteiger partial charge in [-0.05, 0) is 54.8 Å². The number of nitrogens with zero attached hydrogens (tertiary/aromatic N) is 3. The van der Waals surface area contributed by atoms with E-state index in [0.717, 1.165) is 32.0 Å². The monoisotopic (exact) mass is 570 g/mol. The summed E-state index contributed by atoms with van der Waals surface area (Å²) in [6.07, 6.45) is -0.256. The lowest BCUT2D eigenvalue weighted by molar-refractivity contribution is -0.139. The van der Waals surface area contributed by atoms with E-state index < -0.39 is 23.3 Å². The van der Waals surface area contributed by atoms with Gasteiger partial charge < -0.3 is 24.0 Å². The first kappa shape index (κ1) is 28.8. The molecule has 1 heterocycles. The van der Waals surface area contributed by atoms with Gasteiger partial charge in [-0.1, -0.05) is 35.6 Å². The Morgan fingerprint density at radius 2 is 1.77 bits per heavy atom. The predicted molar refractivity (Wildman–Crippen MR) is 150 cm³/mol. The molecule has 0 saturated carbocycles. The van der Waals surface area contributed by atoms with Gasteiger partial charge in [0.05, 0.1) is 11.4 Å². The number of carboxylic acid groups (broad SMARTS) is 1. The first-order valence-corrected chi connectivity index (χ1v) is 13.7. The molecule has 9 nitrogen and oxygen atoms in total. The van der Waals surface area contributed by atoms with Gasteiger partial charge >= 0.3 is 5.97 Å². The highest BCUT2D eigenvalue weighted by atomic mass is 35.5. The molecule has 206 valence electrons. The van der Waals surface area contributed by atoms with Crippen molar-refractivity contribution in [1.29, 1.82) is 0 Å². The molecular weight excluding hydrogens is 542 g/mol. The standard InChI is InChI=1S/C28H30ClN3O6S/c1-20(17-27(33)34)32(39(35)36)31-15-13-30(14-16-31)24-9-5-21(6-10-24)3-4-22-7-11-25-23(18-22)8-12-26(28(25)29)38-19-37-2/h5-12,18,20H,13-17,19H2,1-2H3,(H,33,34)(H,35,36)/p-1. The number of carbonyl (C=O) groups is 1. The summed E-state index contributed by atoms with van der Waals surface area (Å²) in [5, 5.41) is 13.1. The third-order valence-electron chi connectivity index (χ3n) is 6.37. The molecule has 1 aliphatic rings. The van der Waals surface area contributed by atoms with Crippen LogP contribution >= 0.6 is 11.6 Å². The van der Waals surface area contributed by atoms with E-state index in [2.05, 4.69) is 16.7 Å². The third kappa shape index (κ3) is 7.28. The summed E-state index contributed by atoms with van der Waals surface area (Å²) >= 11 is 3.94. The van der Waals surface area contributed by atoms with Crippen LogP contribution in [0.4, 0.5) is 5.69 Å². The molecule has 3 aromatic rings. The maximum atomic E-state index is 11.8. The lowest BCUT2D eigenvalue weighted by atomic mass is 10.1. The van der Waals surface area contributed by atoms with E-state index in [0.29, 0.717) is 37.0 Å². The molecule has 39 heavy (non-hydrogen) atoms. The van der Waals surface area contributed by atoms with Crippen molar-refractivity contribution in [3.8, 4) is 17.6 Å². The van der Waals surface area contributed by atoms with E-state index in [9.17, 15) is 13.6 Å². The zero-order chi connectivity index (χ0) is 27.9. The lowest BCUT2D eigenvalue weighted by Gasteiger charge is -2.44. The van der Waals surface area contributed by atoms with Gasteiger partial charge in [-0.2, -0.15) is 4.41 Å². The van der Waals surface area contributed by atoms with Crippen LogP contribution < -0.4 is 9.64 Å². The van der Waals surface area contributed by atoms with Crippen molar-refractivity contribution >= 4 is 45.3 Å². The van der Waals surface area contributed by atoms with Gasteiger partial charge in [-0.3, -0.25) is 9.00 Å². The fraction of sp³-hybridized carbons (Fsp3) is 0.321. The number of rotatable bonds is 9. The first-order chi connectivity index (χ1) is 18.8. The van der Waals surface area contributed by atoms with Gasteiger partial charge in [0.15, 0.2) is 6.79 Å². The SMILES string of the molecule is COCOc1ccc2cc(C#Cc3ccc(N4CCN(N(C(C)CC(=O)O)S(=O)[O-])CC4)cc3)ccc2c1Cl. The maximum Gasteiger partial charge on any atom is 0.305 e. The van der Waals surface area contributed by atoms with Crippen LogP contribution in [0.2, 0.25) is 5.02 Å². The summed E-state index contributed by atoms with van der Waals surface area (Å²) in [5.74, 6) is 5.93. The van der Waals surface area contributed by atoms with E-state index in [4.69, 9.17) is 26.2 Å². The van der Waals surface area contributed by atoms with Crippen molar-refractivity contribution < 1.29 is 28.1 Å². The van der Waals surface area contributed by atoms with E-state index in [1.165, 1.54) is 0 Å². The van der Waals surface area contributed by atoms with Crippen molar-refractivity contribution in [2.75, 3.05) is 45.0 Å². The second kappa shape index (κ2) is 13.3. The predicted octanol–water partition coefficient (Wildman–Crippen LogP) is 3.87. The van der Waals surface area contributed by atoms with Crippen LogP contribution in [-0.4, -0.2) is 75.4 Å². The van der Waals surface area contributed by atoms with Gasteiger partial charge in [-0.15, -0.1) is 0 Å². The molecule has 0 aromatic heterocycles. The van der Waals surface area contributed by atoms with Crippen LogP contribution in [0.1, 0.15) is 24.5 Å². The molecule has 11 heteroatoms. The average molecular weight is 571 g/mol. The molecule has 0 bridgehead atoms. The molecule has 3 aromatic carbocycles. The van der Waals surface area contributed by atoms with E-state index in [1.54, 1.807) is 19.0 Å². The van der Waals surface area contributed by atoms with Gasteiger partial charge in [0.2, 0.25) is 0 Å². The van der Waals surface area contributed by atoms with E-state index >= 15 is 0 Å². The fourth-order valence-corrected chi connectivity index (χ4v) is 5.50. The number of piperazine rings is 1. The van der Waals surface area contributed by atoms with E-state index in [-0.39, 0.29) is 13.2 Å². The zero-order valence-electron chi connectivity index (χ0n) is 21.6. The number of hydrogen-bond donors (Lipinski definition) is 1. The van der Waals surface area contributed by atoms with Crippen LogP contribution in [-0.2, 0) is 20.8 Å². The second-order valence-electron chi connectivity index (χ2n) is 9.07. The number of ether oxygens (including phenoxy) is 2. The average Bonchev–Trinajstić information content (AvgIpc) is 2.92. The molecule has 2 unspecified atom stereocenters. The van der Waals surface area contributed by atoms with Gasteiger partial charge in [0.1, 0.15) is 5.75 Å². The summed E-state index contributed by atoms with van der Waals surface area (Å²) in [5.41, 5.74) is 2.75. The minimum Gasteiger partial charge on any atom is -0.759 e. The van der Waals surface area contributed by atoms with Gasteiger partial charge in [-0.25, -0.2) is 5.01 Å². The molecule has 1 saturated heterocycles. The smallest absolute Gasteiger partial charge is 0.305 e. The molecule has 1 fully saturated rings. The number of carboxylic acids is 1. The van der Waals surface area contributed by atoms with Crippen molar-refractivity contribution in [3.05, 3.63) is 70.7 Å². The van der Waals surface area contributed by atoms with Gasteiger partial charge in [0.25, 0.3) is 0 Å². The van der Waals surface area contributed by atoms with E-state index in [1.807, 2.05) is 54.6 Å². The Labute approximate surface area is 235 Å². The zero-order valence-corrected chi connectivity index (χ0v) is 23.2. The van der Waals surface area contributed by atoms with Crippen molar-refractivity contribution in [1.82, 2.24) is 9.42 Å². The third-order valence-corrected chi connectivity index (χ3v) is 7.66. The Morgan fingerprint density at radius 1 is 1.10 bits per heavy atom. The molecular formula is C28H29ClN3O6S-. The summed E-state index contributed by atoms with van der Waals surface area (Å²) in [4.78, 5) is 13.2. The normalized spacial score (nSPS) is 15.6. The highest BCUT2D eigenvalue weighted by Crippen LogP contribution is 2.33. The summed E-state index contributed by atoms with van der Waals surface area (Å²) < 4.78 is 35.1. The number of benzene rings is 3. The van der Waals surface area contributed by atoms with Crippen molar-refractivity contribution in [3.63, 3.8) is 0 Å². The minimum atomic E-state index is -2.54. The molecule has 0 amide bonds. The maximum absolute atomic E-state index is 11.8. The molecule has 4 rings (SSSR count). The largest absolute Gasteiger partial charge is 0.759 e. The Morgan fingerprint density at radius 3 is 2.41 bits per heavy atom. The van der Waals surface area contributed by atoms with Crippen LogP contribution in [0.5, 0.6) is 5.75 Å². The fourth-order valence-electron chi connectivity index (χ4n) is 4.49. The van der Waals surface area contributed by atoms with Crippen LogP contribution in [0.15, 0.2) is 54.6 Å². The summed E-state index contributed by atoms with van der Waals surface area (Å²) in [6, 6.07) is 16.8. The number of hydrogen-bond acceptors (Lipinski definition) is 7. The molecule has 0 radical (unpaired) electrons. The van der Waals surface area contributed by atoms with Gasteiger partial charge in [0, 0.05) is 72.8 Å². The minimum absolute atomic E-state index is 0.125. The quantitative estimate of drug-likeness (QED) is 0.235. The molecule has 0 aliphatic carbocycles. The Balaban J connectivity index is 1.39. The Hall–Kier alpha value is -3.17. The number of aliphatic carboxylic acids is 1. The molecule has 1 N–H and O–H groups in total. The van der Waals surface area contributed by atoms with Crippen LogP contribution in [0.3, 0.4) is 0 Å². The highest BCUT2D eigenvalue weighted by molar-refractivity contribution is 7.76. The summed E-state index contributed by atoms with van der Waals surface area (Å²) in [6.45, 7) is 3.86. The number of hydrazine groups is 1. The van der Waals surface area contributed by atoms with Crippen LogP contribution in [0.25, 0.3) is 10.8 Å². The summed E-state index contributed by atoms with van der Waals surface area (Å²) in [7, 11) is 1.55. The molecule has 0 spiro atoms. The lowest BCUT2D eigenvalue weighted by Crippen LogP contribution is -2.57. The first-order valence-electron chi connectivity index (χ1n) is 12.3. The van der Waals surface area contributed by atoms with Crippen molar-refractivity contribution in [2.45, 2.75) is 19.4 Å². The molecule has 1 aliphatic heterocycles. The molecule has 2 atom stereocenters. The Kier molecular flexibility index (Phi) is 9.80. The number of halogens is 1. The number of fused-ring (bicyclic) bond motifs is 1. The second-order valence-corrected chi connectivity index (χ2v) is 10.3. The Bertz CT molecular complexity index is 1400. The number of methoxy groups -OCH3 is 1. The highest BCUT2D eigenvalue weighted by Gasteiger charge is 2.28. The topological polar surface area (TPSA) is 106 Å².